The molecule has 2 aromatic rings. The topological polar surface area (TPSA) is 64.4 Å². The third-order valence-corrected chi connectivity index (χ3v) is 3.79. The van der Waals surface area contributed by atoms with Crippen LogP contribution in [0.4, 0.5) is 5.69 Å². The fourth-order valence-corrected chi connectivity index (χ4v) is 2.55. The van der Waals surface area contributed by atoms with Crippen molar-refractivity contribution in [3.05, 3.63) is 45.9 Å². The van der Waals surface area contributed by atoms with E-state index in [1.54, 1.807) is 18.9 Å². The Hall–Kier alpha value is -2.63. The van der Waals surface area contributed by atoms with Crippen LogP contribution in [0.25, 0.3) is 0 Å². The largest absolute Gasteiger partial charge is 0.449 e. The van der Waals surface area contributed by atoms with Gasteiger partial charge in [-0.15, -0.1) is 0 Å². The highest BCUT2D eigenvalue weighted by Gasteiger charge is 2.28. The molecule has 0 atom stereocenters. The molecule has 0 fully saturated rings. The van der Waals surface area contributed by atoms with E-state index in [2.05, 4.69) is 5.10 Å². The van der Waals surface area contributed by atoms with Crippen LogP contribution in [0, 0.1) is 6.92 Å². The Labute approximate surface area is 127 Å². The summed E-state index contributed by atoms with van der Waals surface area (Å²) in [6, 6.07) is 5.74. The van der Waals surface area contributed by atoms with Crippen molar-refractivity contribution in [1.82, 2.24) is 9.78 Å². The van der Waals surface area contributed by atoms with Gasteiger partial charge in [-0.05, 0) is 12.5 Å². The van der Waals surface area contributed by atoms with Gasteiger partial charge in [0.15, 0.2) is 0 Å². The zero-order valence-corrected chi connectivity index (χ0v) is 12.8. The standard InChI is InChI=1S/C16H17N3O3/c1-4-13(20)19-9-11-7-5-6-10(2)14(11)22-15-12(19)8-17-18(3)16(15)21/h5-8H,4,9H2,1-3H3. The lowest BCUT2D eigenvalue weighted by Gasteiger charge is -2.20. The minimum absolute atomic E-state index is 0.0748. The summed E-state index contributed by atoms with van der Waals surface area (Å²) >= 11 is 0. The second-order valence-electron chi connectivity index (χ2n) is 5.29. The van der Waals surface area contributed by atoms with E-state index in [1.807, 2.05) is 25.1 Å². The lowest BCUT2D eigenvalue weighted by Crippen LogP contribution is -2.31. The van der Waals surface area contributed by atoms with E-state index in [0.717, 1.165) is 11.1 Å². The fraction of sp³-hybridized carbons (Fsp3) is 0.312. The Morgan fingerprint density at radius 3 is 2.86 bits per heavy atom. The van der Waals surface area contributed by atoms with Gasteiger partial charge in [0.2, 0.25) is 11.7 Å². The quantitative estimate of drug-likeness (QED) is 0.809. The van der Waals surface area contributed by atoms with Gasteiger partial charge in [-0.1, -0.05) is 25.1 Å². The number of hydrogen-bond acceptors (Lipinski definition) is 4. The fourth-order valence-electron chi connectivity index (χ4n) is 2.55. The number of aromatic nitrogens is 2. The maximum absolute atomic E-state index is 12.4. The zero-order chi connectivity index (χ0) is 15.9. The smallest absolute Gasteiger partial charge is 0.311 e. The second-order valence-corrected chi connectivity index (χ2v) is 5.29. The Bertz CT molecular complexity index is 811. The normalized spacial score (nSPS) is 13.0. The summed E-state index contributed by atoms with van der Waals surface area (Å²) in [7, 11) is 1.56. The van der Waals surface area contributed by atoms with Crippen molar-refractivity contribution in [1.29, 1.82) is 0 Å². The maximum atomic E-state index is 12.4. The first-order valence-corrected chi connectivity index (χ1v) is 7.16. The van der Waals surface area contributed by atoms with Crippen LogP contribution < -0.4 is 15.2 Å². The van der Waals surface area contributed by atoms with Crippen molar-refractivity contribution in [3.63, 3.8) is 0 Å². The molecule has 3 rings (SSSR count). The van der Waals surface area contributed by atoms with Gasteiger partial charge in [0.1, 0.15) is 11.4 Å². The Morgan fingerprint density at radius 1 is 1.36 bits per heavy atom. The monoisotopic (exact) mass is 299 g/mol. The molecule has 0 bridgehead atoms. The van der Waals surface area contributed by atoms with Crippen molar-refractivity contribution >= 4 is 11.6 Å². The molecule has 0 unspecified atom stereocenters. The van der Waals surface area contributed by atoms with Crippen molar-refractivity contribution in [2.24, 2.45) is 7.05 Å². The van der Waals surface area contributed by atoms with Crippen molar-refractivity contribution < 1.29 is 9.53 Å². The summed E-state index contributed by atoms with van der Waals surface area (Å²) in [6.45, 7) is 4.08. The molecular weight excluding hydrogens is 282 g/mol. The van der Waals surface area contributed by atoms with E-state index in [-0.39, 0.29) is 17.2 Å². The van der Waals surface area contributed by atoms with Gasteiger partial charge in [0, 0.05) is 19.0 Å². The number of fused-ring (bicyclic) bond motifs is 2. The van der Waals surface area contributed by atoms with Crippen LogP contribution in [0.2, 0.25) is 0 Å². The van der Waals surface area contributed by atoms with Gasteiger partial charge in [-0.2, -0.15) is 5.10 Å². The third-order valence-electron chi connectivity index (χ3n) is 3.79. The van der Waals surface area contributed by atoms with Crippen molar-refractivity contribution in [2.75, 3.05) is 4.90 Å². The molecule has 1 aromatic heterocycles. The van der Waals surface area contributed by atoms with Crippen molar-refractivity contribution in [3.8, 4) is 11.5 Å². The summed E-state index contributed by atoms with van der Waals surface area (Å²) in [6.07, 6.45) is 1.85. The lowest BCUT2D eigenvalue weighted by molar-refractivity contribution is -0.118. The number of hydrogen-bond donors (Lipinski definition) is 0. The lowest BCUT2D eigenvalue weighted by atomic mass is 10.1. The van der Waals surface area contributed by atoms with Gasteiger partial charge in [-0.25, -0.2) is 4.68 Å². The number of carbonyl (C=O) groups excluding carboxylic acids is 1. The maximum Gasteiger partial charge on any atom is 0.311 e. The molecule has 114 valence electrons. The first-order valence-electron chi connectivity index (χ1n) is 7.16. The highest BCUT2D eigenvalue weighted by molar-refractivity contribution is 5.94. The summed E-state index contributed by atoms with van der Waals surface area (Å²) in [5.41, 5.74) is 1.86. The molecular formula is C16H17N3O3. The molecule has 22 heavy (non-hydrogen) atoms. The van der Waals surface area contributed by atoms with E-state index in [9.17, 15) is 9.59 Å². The minimum Gasteiger partial charge on any atom is -0.449 e. The highest BCUT2D eigenvalue weighted by atomic mass is 16.5. The molecule has 1 aromatic carbocycles. The number of aryl methyl sites for hydroxylation is 2. The molecule has 6 nitrogen and oxygen atoms in total. The van der Waals surface area contributed by atoms with E-state index < -0.39 is 0 Å². The molecule has 6 heteroatoms. The number of carbonyl (C=O) groups is 1. The summed E-state index contributed by atoms with van der Waals surface area (Å²) in [5.74, 6) is 0.708. The van der Waals surface area contributed by atoms with Crippen molar-refractivity contribution in [2.45, 2.75) is 26.8 Å². The van der Waals surface area contributed by atoms with E-state index >= 15 is 0 Å². The van der Waals surface area contributed by atoms with Gasteiger partial charge in [0.25, 0.3) is 0 Å². The number of rotatable bonds is 1. The molecule has 0 N–H and O–H groups in total. The number of amides is 1. The van der Waals surface area contributed by atoms with Crippen LogP contribution in [-0.2, 0) is 18.4 Å². The van der Waals surface area contributed by atoms with Gasteiger partial charge >= 0.3 is 5.56 Å². The Balaban J connectivity index is 2.28. The predicted octanol–water partition coefficient (Wildman–Crippen LogP) is 2.14. The first-order chi connectivity index (χ1) is 10.5. The average Bonchev–Trinajstić information content (AvgIpc) is 2.68. The molecule has 0 saturated heterocycles. The molecule has 2 heterocycles. The highest BCUT2D eigenvalue weighted by Crippen LogP contribution is 2.38. The van der Waals surface area contributed by atoms with Crippen LogP contribution in [0.3, 0.4) is 0 Å². The summed E-state index contributed by atoms with van der Waals surface area (Å²) in [5, 5.41) is 4.02. The number of benzene rings is 1. The number of ether oxygens (including phenoxy) is 1. The molecule has 1 aliphatic heterocycles. The van der Waals surface area contributed by atoms with Crippen LogP contribution >= 0.6 is 0 Å². The van der Waals surface area contributed by atoms with Crippen LogP contribution in [-0.4, -0.2) is 15.7 Å². The molecule has 0 saturated carbocycles. The second kappa shape index (κ2) is 5.29. The Morgan fingerprint density at radius 2 is 2.14 bits per heavy atom. The summed E-state index contributed by atoms with van der Waals surface area (Å²) < 4.78 is 7.11. The van der Waals surface area contributed by atoms with Crippen LogP contribution in [0.1, 0.15) is 24.5 Å². The molecule has 0 aliphatic carbocycles. The number of para-hydroxylation sites is 1. The first kappa shape index (κ1) is 14.3. The van der Waals surface area contributed by atoms with E-state index in [1.165, 1.54) is 10.9 Å². The molecule has 0 radical (unpaired) electrons. The van der Waals surface area contributed by atoms with Crippen LogP contribution in [0.5, 0.6) is 11.5 Å². The van der Waals surface area contributed by atoms with Gasteiger partial charge in [-0.3, -0.25) is 9.59 Å². The zero-order valence-electron chi connectivity index (χ0n) is 12.8. The number of anilines is 1. The Kier molecular flexibility index (Phi) is 3.44. The molecule has 0 spiro atoms. The average molecular weight is 299 g/mol. The van der Waals surface area contributed by atoms with E-state index in [0.29, 0.717) is 24.4 Å². The SMILES string of the molecule is CCC(=O)N1Cc2cccc(C)c2Oc2c1cnn(C)c2=O. The third kappa shape index (κ3) is 2.16. The predicted molar refractivity (Wildman–Crippen MR) is 82.2 cm³/mol. The number of nitrogens with zero attached hydrogens (tertiary/aromatic N) is 3. The van der Waals surface area contributed by atoms with Gasteiger partial charge < -0.3 is 9.64 Å². The minimum atomic E-state index is -0.359. The molecule has 1 amide bonds. The molecule has 1 aliphatic rings. The van der Waals surface area contributed by atoms with Crippen LogP contribution in [0.15, 0.2) is 29.2 Å². The van der Waals surface area contributed by atoms with Gasteiger partial charge in [0.05, 0.1) is 12.7 Å². The summed E-state index contributed by atoms with van der Waals surface area (Å²) in [4.78, 5) is 26.3. The van der Waals surface area contributed by atoms with E-state index in [4.69, 9.17) is 4.74 Å².